The number of nitrogens with two attached hydrogens (primary N) is 1. The lowest BCUT2D eigenvalue weighted by molar-refractivity contribution is -0.118. The Balaban J connectivity index is 1.67. The van der Waals surface area contributed by atoms with Gasteiger partial charge in [-0.1, -0.05) is 11.8 Å². The van der Waals surface area contributed by atoms with E-state index in [1.54, 1.807) is 0 Å². The minimum absolute atomic E-state index is 0.0551. The Labute approximate surface area is 127 Å². The van der Waals surface area contributed by atoms with Crippen molar-refractivity contribution in [1.82, 2.24) is 20.1 Å². The number of anilines is 1. The van der Waals surface area contributed by atoms with Crippen LogP contribution < -0.4 is 11.1 Å². The number of carbonyl (C=O) groups excluding carboxylic acids is 1. The molecule has 0 bridgehead atoms. The highest BCUT2D eigenvalue weighted by molar-refractivity contribution is 7.99. The standard InChI is InChI=1S/C14H17N5OS/c1-19-13(9-2-4-10(15)5-3-9)17-18-14(19)21-8-12(20)16-11-6-7-11/h2-5,11H,6-8,15H2,1H3,(H,16,20). The fourth-order valence-corrected chi connectivity index (χ4v) is 2.67. The zero-order valence-electron chi connectivity index (χ0n) is 11.7. The van der Waals surface area contributed by atoms with Gasteiger partial charge in [0, 0.05) is 24.3 Å². The molecule has 0 unspecified atom stereocenters. The molecule has 110 valence electrons. The Morgan fingerprint density at radius 2 is 2.10 bits per heavy atom. The van der Waals surface area contributed by atoms with Crippen LogP contribution in [0.1, 0.15) is 12.8 Å². The number of hydrogen-bond donors (Lipinski definition) is 2. The lowest BCUT2D eigenvalue weighted by Gasteiger charge is -2.05. The van der Waals surface area contributed by atoms with E-state index in [-0.39, 0.29) is 5.91 Å². The summed E-state index contributed by atoms with van der Waals surface area (Å²) in [7, 11) is 1.90. The SMILES string of the molecule is Cn1c(SCC(=O)NC2CC2)nnc1-c1ccc(N)cc1. The first kappa shape index (κ1) is 13.9. The maximum Gasteiger partial charge on any atom is 0.230 e. The number of aromatic nitrogens is 3. The number of amides is 1. The molecule has 1 fully saturated rings. The Morgan fingerprint density at radius 1 is 1.38 bits per heavy atom. The van der Waals surface area contributed by atoms with Gasteiger partial charge in [-0.25, -0.2) is 0 Å². The second-order valence-corrected chi connectivity index (χ2v) is 6.06. The molecule has 0 saturated heterocycles. The number of benzene rings is 1. The second kappa shape index (κ2) is 5.77. The fraction of sp³-hybridized carbons (Fsp3) is 0.357. The van der Waals surface area contributed by atoms with Crippen LogP contribution in [0.25, 0.3) is 11.4 Å². The summed E-state index contributed by atoms with van der Waals surface area (Å²) in [6.45, 7) is 0. The Morgan fingerprint density at radius 3 is 2.76 bits per heavy atom. The molecule has 1 heterocycles. The Bertz CT molecular complexity index is 648. The predicted octanol–water partition coefficient (Wildman–Crippen LogP) is 1.43. The third-order valence-electron chi connectivity index (χ3n) is 3.28. The summed E-state index contributed by atoms with van der Waals surface area (Å²) < 4.78 is 1.89. The molecular formula is C14H17N5OS. The summed E-state index contributed by atoms with van der Waals surface area (Å²) in [6, 6.07) is 7.88. The first-order valence-electron chi connectivity index (χ1n) is 6.81. The summed E-state index contributed by atoms with van der Waals surface area (Å²) in [5.41, 5.74) is 7.35. The van der Waals surface area contributed by atoms with Gasteiger partial charge in [0.1, 0.15) is 0 Å². The van der Waals surface area contributed by atoms with Crippen LogP contribution in [0.2, 0.25) is 0 Å². The van der Waals surface area contributed by atoms with Gasteiger partial charge in [0.25, 0.3) is 0 Å². The van der Waals surface area contributed by atoms with Gasteiger partial charge in [-0.15, -0.1) is 10.2 Å². The number of thioether (sulfide) groups is 1. The molecule has 2 aromatic rings. The molecule has 1 aromatic heterocycles. The average Bonchev–Trinajstić information content (AvgIpc) is 3.20. The number of nitrogens with zero attached hydrogens (tertiary/aromatic N) is 3. The van der Waals surface area contributed by atoms with Crippen LogP contribution in [0.15, 0.2) is 29.4 Å². The van der Waals surface area contributed by atoms with E-state index in [1.165, 1.54) is 11.8 Å². The van der Waals surface area contributed by atoms with Crippen molar-refractivity contribution in [2.75, 3.05) is 11.5 Å². The normalized spacial score (nSPS) is 14.1. The van der Waals surface area contributed by atoms with E-state index < -0.39 is 0 Å². The maximum absolute atomic E-state index is 11.7. The third-order valence-corrected chi connectivity index (χ3v) is 4.30. The zero-order valence-corrected chi connectivity index (χ0v) is 12.6. The third kappa shape index (κ3) is 3.36. The Hall–Kier alpha value is -2.02. The molecule has 1 aliphatic rings. The lowest BCUT2D eigenvalue weighted by Crippen LogP contribution is -2.27. The van der Waals surface area contributed by atoms with E-state index in [0.717, 1.165) is 29.4 Å². The number of hydrogen-bond acceptors (Lipinski definition) is 5. The quantitative estimate of drug-likeness (QED) is 0.645. The van der Waals surface area contributed by atoms with E-state index in [0.29, 0.717) is 17.5 Å². The van der Waals surface area contributed by atoms with Gasteiger partial charge in [0.15, 0.2) is 11.0 Å². The smallest absolute Gasteiger partial charge is 0.230 e. The summed E-state index contributed by atoms with van der Waals surface area (Å²) in [4.78, 5) is 11.7. The van der Waals surface area contributed by atoms with Crippen molar-refractivity contribution in [3.05, 3.63) is 24.3 Å². The molecule has 0 radical (unpaired) electrons. The minimum Gasteiger partial charge on any atom is -0.399 e. The molecule has 6 nitrogen and oxygen atoms in total. The summed E-state index contributed by atoms with van der Waals surface area (Å²) in [5, 5.41) is 12.0. The van der Waals surface area contributed by atoms with Gasteiger partial charge in [-0.2, -0.15) is 0 Å². The molecule has 1 aliphatic carbocycles. The predicted molar refractivity (Wildman–Crippen MR) is 82.7 cm³/mol. The van der Waals surface area contributed by atoms with Crippen molar-refractivity contribution in [2.45, 2.75) is 24.0 Å². The first-order valence-corrected chi connectivity index (χ1v) is 7.79. The van der Waals surface area contributed by atoms with Gasteiger partial charge < -0.3 is 15.6 Å². The molecule has 0 spiro atoms. The zero-order chi connectivity index (χ0) is 14.8. The van der Waals surface area contributed by atoms with Gasteiger partial charge in [-0.3, -0.25) is 4.79 Å². The number of nitrogen functional groups attached to an aromatic ring is 1. The monoisotopic (exact) mass is 303 g/mol. The fourth-order valence-electron chi connectivity index (χ4n) is 1.95. The second-order valence-electron chi connectivity index (χ2n) is 5.12. The van der Waals surface area contributed by atoms with Crippen LogP contribution >= 0.6 is 11.8 Å². The van der Waals surface area contributed by atoms with Gasteiger partial charge in [0.05, 0.1) is 5.75 Å². The van der Waals surface area contributed by atoms with E-state index in [9.17, 15) is 4.79 Å². The molecule has 3 N–H and O–H groups in total. The van der Waals surface area contributed by atoms with Crippen molar-refractivity contribution < 1.29 is 4.79 Å². The lowest BCUT2D eigenvalue weighted by atomic mass is 10.2. The van der Waals surface area contributed by atoms with Gasteiger partial charge in [0.2, 0.25) is 5.91 Å². The van der Waals surface area contributed by atoms with Crippen molar-refractivity contribution in [1.29, 1.82) is 0 Å². The molecule has 1 aromatic carbocycles. The number of nitrogens with one attached hydrogen (secondary N) is 1. The van der Waals surface area contributed by atoms with Crippen molar-refractivity contribution in [3.8, 4) is 11.4 Å². The van der Waals surface area contributed by atoms with E-state index in [4.69, 9.17) is 5.73 Å². The molecule has 0 aliphatic heterocycles. The number of carbonyl (C=O) groups is 1. The highest BCUT2D eigenvalue weighted by Crippen LogP contribution is 2.24. The average molecular weight is 303 g/mol. The summed E-state index contributed by atoms with van der Waals surface area (Å²) in [6.07, 6.45) is 2.20. The first-order chi connectivity index (χ1) is 10.1. The molecule has 7 heteroatoms. The molecular weight excluding hydrogens is 286 g/mol. The highest BCUT2D eigenvalue weighted by Gasteiger charge is 2.23. The summed E-state index contributed by atoms with van der Waals surface area (Å²) in [5.74, 6) is 1.18. The van der Waals surface area contributed by atoms with E-state index in [1.807, 2.05) is 35.9 Å². The van der Waals surface area contributed by atoms with Crippen LogP contribution in [0, 0.1) is 0 Å². The van der Waals surface area contributed by atoms with Crippen LogP contribution in [0.3, 0.4) is 0 Å². The van der Waals surface area contributed by atoms with Gasteiger partial charge in [-0.05, 0) is 37.1 Å². The molecule has 0 atom stereocenters. The maximum atomic E-state index is 11.7. The summed E-state index contributed by atoms with van der Waals surface area (Å²) >= 11 is 1.40. The number of rotatable bonds is 5. The van der Waals surface area contributed by atoms with Gasteiger partial charge >= 0.3 is 0 Å². The minimum atomic E-state index is 0.0551. The highest BCUT2D eigenvalue weighted by atomic mass is 32.2. The van der Waals surface area contributed by atoms with Crippen LogP contribution in [-0.2, 0) is 11.8 Å². The largest absolute Gasteiger partial charge is 0.399 e. The Kier molecular flexibility index (Phi) is 3.83. The van der Waals surface area contributed by atoms with Crippen LogP contribution in [0.4, 0.5) is 5.69 Å². The molecule has 21 heavy (non-hydrogen) atoms. The molecule has 1 amide bonds. The van der Waals surface area contributed by atoms with Crippen LogP contribution in [0.5, 0.6) is 0 Å². The van der Waals surface area contributed by atoms with E-state index >= 15 is 0 Å². The molecule has 3 rings (SSSR count). The topological polar surface area (TPSA) is 85.8 Å². The van der Waals surface area contributed by atoms with Crippen molar-refractivity contribution in [3.63, 3.8) is 0 Å². The van der Waals surface area contributed by atoms with Crippen molar-refractivity contribution >= 4 is 23.4 Å². The van der Waals surface area contributed by atoms with Crippen molar-refractivity contribution in [2.24, 2.45) is 7.05 Å². The van der Waals surface area contributed by atoms with E-state index in [2.05, 4.69) is 15.5 Å². The van der Waals surface area contributed by atoms with Crippen LogP contribution in [-0.4, -0.2) is 32.5 Å². The molecule has 1 saturated carbocycles.